The molecule has 0 unspecified atom stereocenters. The summed E-state index contributed by atoms with van der Waals surface area (Å²) < 4.78 is 5.47. The number of amides is 1. The van der Waals surface area contributed by atoms with Crippen molar-refractivity contribution in [3.05, 3.63) is 54.1 Å². The van der Waals surface area contributed by atoms with E-state index < -0.39 is 0 Å². The minimum absolute atomic E-state index is 0.226. The molecule has 0 bridgehead atoms. The number of nitrogens with zero attached hydrogens (tertiary/aromatic N) is 1. The average molecular weight is 284 g/mol. The fraction of sp³-hybridized carbons (Fsp3) is 0.235. The number of likely N-dealkylation sites (N-methyl/N-ethyl adjacent to an activating group) is 1. The van der Waals surface area contributed by atoms with Crippen LogP contribution in [0.5, 0.6) is 5.75 Å². The van der Waals surface area contributed by atoms with Crippen molar-refractivity contribution in [2.45, 2.75) is 6.54 Å². The number of carbonyl (C=O) groups excluding carboxylic acids is 1. The van der Waals surface area contributed by atoms with Gasteiger partial charge in [-0.05, 0) is 24.2 Å². The van der Waals surface area contributed by atoms with Crippen LogP contribution in [0, 0.1) is 0 Å². The Labute approximate surface area is 125 Å². The van der Waals surface area contributed by atoms with Crippen LogP contribution < -0.4 is 10.5 Å². The highest BCUT2D eigenvalue weighted by atomic mass is 16.5. The molecule has 0 radical (unpaired) electrons. The van der Waals surface area contributed by atoms with Crippen molar-refractivity contribution in [3.8, 4) is 16.9 Å². The second-order valence-electron chi connectivity index (χ2n) is 5.03. The molecule has 2 rings (SSSR count). The molecule has 2 aromatic rings. The van der Waals surface area contributed by atoms with Gasteiger partial charge in [-0.2, -0.15) is 0 Å². The molecule has 0 spiro atoms. The molecule has 4 nitrogen and oxygen atoms in total. The van der Waals surface area contributed by atoms with E-state index in [2.05, 4.69) is 18.2 Å². The molecule has 0 atom stereocenters. The summed E-state index contributed by atoms with van der Waals surface area (Å²) in [7, 11) is 3.51. The van der Waals surface area contributed by atoms with Crippen LogP contribution in [0.4, 0.5) is 0 Å². The van der Waals surface area contributed by atoms with Crippen molar-refractivity contribution in [2.24, 2.45) is 5.73 Å². The smallest absolute Gasteiger partial charge is 0.231 e. The monoisotopic (exact) mass is 284 g/mol. The minimum atomic E-state index is -0.336. The zero-order valence-corrected chi connectivity index (χ0v) is 12.4. The van der Waals surface area contributed by atoms with Crippen LogP contribution in [0.1, 0.15) is 5.56 Å². The molecule has 0 aliphatic carbocycles. The molecule has 21 heavy (non-hydrogen) atoms. The third-order valence-corrected chi connectivity index (χ3v) is 3.26. The molecule has 1 amide bonds. The van der Waals surface area contributed by atoms with Crippen molar-refractivity contribution in [2.75, 3.05) is 20.7 Å². The quantitative estimate of drug-likeness (QED) is 0.885. The summed E-state index contributed by atoms with van der Waals surface area (Å²) in [5.41, 5.74) is 8.49. The van der Waals surface area contributed by atoms with Crippen molar-refractivity contribution >= 4 is 5.91 Å². The molecule has 4 heteroatoms. The van der Waals surface area contributed by atoms with Crippen molar-refractivity contribution in [1.82, 2.24) is 4.90 Å². The summed E-state index contributed by atoms with van der Waals surface area (Å²) >= 11 is 0. The lowest BCUT2D eigenvalue weighted by molar-refractivity contribution is -0.118. The number of hydrogen-bond acceptors (Lipinski definition) is 3. The molecule has 0 heterocycles. The second kappa shape index (κ2) is 6.90. The zero-order chi connectivity index (χ0) is 15.2. The van der Waals surface area contributed by atoms with Gasteiger partial charge in [0, 0.05) is 12.1 Å². The molecule has 0 aliphatic rings. The first kappa shape index (κ1) is 15.1. The lowest BCUT2D eigenvalue weighted by atomic mass is 10.0. The lowest BCUT2D eigenvalue weighted by Gasteiger charge is -2.17. The van der Waals surface area contributed by atoms with Crippen LogP contribution in [0.15, 0.2) is 48.5 Å². The summed E-state index contributed by atoms with van der Waals surface area (Å²) in [6, 6.07) is 16.2. The largest absolute Gasteiger partial charge is 0.496 e. The maximum absolute atomic E-state index is 10.9. The highest BCUT2D eigenvalue weighted by Crippen LogP contribution is 2.27. The third-order valence-electron chi connectivity index (χ3n) is 3.26. The van der Waals surface area contributed by atoms with E-state index in [1.54, 1.807) is 7.11 Å². The van der Waals surface area contributed by atoms with Crippen LogP contribution >= 0.6 is 0 Å². The molecular formula is C17H20N2O2. The molecule has 0 saturated heterocycles. The van der Waals surface area contributed by atoms with Gasteiger partial charge in [-0.3, -0.25) is 9.69 Å². The van der Waals surface area contributed by atoms with Gasteiger partial charge < -0.3 is 10.5 Å². The van der Waals surface area contributed by atoms with Gasteiger partial charge in [0.15, 0.2) is 0 Å². The van der Waals surface area contributed by atoms with Crippen molar-refractivity contribution in [1.29, 1.82) is 0 Å². The van der Waals surface area contributed by atoms with Gasteiger partial charge in [0.1, 0.15) is 5.75 Å². The Bertz CT molecular complexity index is 611. The predicted octanol–water partition coefficient (Wildman–Crippen LogP) is 2.28. The van der Waals surface area contributed by atoms with Crippen molar-refractivity contribution < 1.29 is 9.53 Å². The van der Waals surface area contributed by atoms with Crippen LogP contribution in [0.3, 0.4) is 0 Å². The number of methoxy groups -OCH3 is 1. The van der Waals surface area contributed by atoms with Crippen LogP contribution in [-0.2, 0) is 11.3 Å². The van der Waals surface area contributed by atoms with Crippen LogP contribution in [0.2, 0.25) is 0 Å². The van der Waals surface area contributed by atoms with E-state index in [4.69, 9.17) is 10.5 Å². The van der Waals surface area contributed by atoms with E-state index in [1.165, 1.54) is 0 Å². The van der Waals surface area contributed by atoms with E-state index in [-0.39, 0.29) is 12.5 Å². The zero-order valence-electron chi connectivity index (χ0n) is 12.4. The number of hydrogen-bond donors (Lipinski definition) is 1. The van der Waals surface area contributed by atoms with Gasteiger partial charge >= 0.3 is 0 Å². The first-order chi connectivity index (χ1) is 10.1. The highest BCUT2D eigenvalue weighted by molar-refractivity contribution is 5.75. The third kappa shape index (κ3) is 4.07. The van der Waals surface area contributed by atoms with Gasteiger partial charge in [0.25, 0.3) is 0 Å². The lowest BCUT2D eigenvalue weighted by Crippen LogP contribution is -2.30. The average Bonchev–Trinajstić information content (AvgIpc) is 2.47. The Balaban J connectivity index is 2.23. The summed E-state index contributed by atoms with van der Waals surface area (Å²) in [6.07, 6.45) is 0. The summed E-state index contributed by atoms with van der Waals surface area (Å²) in [5.74, 6) is 0.477. The summed E-state index contributed by atoms with van der Waals surface area (Å²) in [5, 5.41) is 0. The van der Waals surface area contributed by atoms with Gasteiger partial charge in [0.05, 0.1) is 13.7 Å². The van der Waals surface area contributed by atoms with E-state index >= 15 is 0 Å². The highest BCUT2D eigenvalue weighted by Gasteiger charge is 2.09. The standard InChI is InChI=1S/C17H20N2O2/c1-19(12-17(18)20)11-15-9-8-14(10-16(15)21-2)13-6-4-3-5-7-13/h3-10H,11-12H2,1-2H3,(H2,18,20). The maximum Gasteiger partial charge on any atom is 0.231 e. The normalized spacial score (nSPS) is 10.6. The Morgan fingerprint density at radius 3 is 2.48 bits per heavy atom. The van der Waals surface area contributed by atoms with Crippen LogP contribution in [-0.4, -0.2) is 31.5 Å². The summed E-state index contributed by atoms with van der Waals surface area (Å²) in [6.45, 7) is 0.838. The predicted molar refractivity (Wildman–Crippen MR) is 84.0 cm³/mol. The number of benzene rings is 2. The number of primary amides is 1. The van der Waals surface area contributed by atoms with E-state index in [0.717, 1.165) is 22.4 Å². The summed E-state index contributed by atoms with van der Waals surface area (Å²) in [4.78, 5) is 12.8. The Kier molecular flexibility index (Phi) is 4.95. The van der Waals surface area contributed by atoms with Crippen molar-refractivity contribution in [3.63, 3.8) is 0 Å². The topological polar surface area (TPSA) is 55.6 Å². The maximum atomic E-state index is 10.9. The van der Waals surface area contributed by atoms with Gasteiger partial charge in [-0.15, -0.1) is 0 Å². The molecule has 110 valence electrons. The van der Waals surface area contributed by atoms with Gasteiger partial charge in [0.2, 0.25) is 5.91 Å². The van der Waals surface area contributed by atoms with E-state index in [0.29, 0.717) is 6.54 Å². The Morgan fingerprint density at radius 1 is 1.14 bits per heavy atom. The fourth-order valence-electron chi connectivity index (χ4n) is 2.30. The molecular weight excluding hydrogens is 264 g/mol. The molecule has 0 aromatic heterocycles. The van der Waals surface area contributed by atoms with E-state index in [9.17, 15) is 4.79 Å². The first-order valence-electron chi connectivity index (χ1n) is 6.79. The second-order valence-corrected chi connectivity index (χ2v) is 5.03. The van der Waals surface area contributed by atoms with Crippen LogP contribution in [0.25, 0.3) is 11.1 Å². The molecule has 2 N–H and O–H groups in total. The first-order valence-corrected chi connectivity index (χ1v) is 6.79. The van der Waals surface area contributed by atoms with E-state index in [1.807, 2.05) is 42.3 Å². The van der Waals surface area contributed by atoms with Gasteiger partial charge in [-0.25, -0.2) is 0 Å². The molecule has 0 saturated carbocycles. The number of ether oxygens (including phenoxy) is 1. The minimum Gasteiger partial charge on any atom is -0.496 e. The number of nitrogens with two attached hydrogens (primary N) is 1. The molecule has 0 aliphatic heterocycles. The van der Waals surface area contributed by atoms with Gasteiger partial charge in [-0.1, -0.05) is 42.5 Å². The Hall–Kier alpha value is -2.33. The molecule has 0 fully saturated rings. The number of carbonyl (C=O) groups is 1. The number of rotatable bonds is 6. The SMILES string of the molecule is COc1cc(-c2ccccc2)ccc1CN(C)CC(N)=O. The molecule has 2 aromatic carbocycles. The fourth-order valence-corrected chi connectivity index (χ4v) is 2.30. The Morgan fingerprint density at radius 2 is 1.86 bits per heavy atom.